The van der Waals surface area contributed by atoms with E-state index in [1.165, 1.54) is 16.0 Å². The van der Waals surface area contributed by atoms with Gasteiger partial charge in [0, 0.05) is 83.5 Å². The Morgan fingerprint density at radius 1 is 0.842 bits per heavy atom. The number of nitrogens with one attached hydrogen (secondary N) is 2. The van der Waals surface area contributed by atoms with E-state index in [9.17, 15) is 13.2 Å². The second-order valence-corrected chi connectivity index (χ2v) is 17.6. The van der Waals surface area contributed by atoms with Gasteiger partial charge in [0.05, 0.1) is 10.4 Å². The van der Waals surface area contributed by atoms with Gasteiger partial charge < -0.3 is 15.1 Å². The number of pyridine rings is 1. The molecule has 0 aliphatic carbocycles. The van der Waals surface area contributed by atoms with Crippen LogP contribution in [0.4, 0.5) is 11.4 Å². The lowest BCUT2D eigenvalue weighted by atomic mass is 9.99. The predicted molar refractivity (Wildman–Crippen MR) is 235 cm³/mol. The van der Waals surface area contributed by atoms with Crippen LogP contribution in [0.1, 0.15) is 27.9 Å². The Morgan fingerprint density at radius 2 is 1.56 bits per heavy atom. The van der Waals surface area contributed by atoms with Crippen LogP contribution in [0.3, 0.4) is 0 Å². The first kappa shape index (κ1) is 40.0. The molecule has 5 aromatic carbocycles. The summed E-state index contributed by atoms with van der Waals surface area (Å²) in [5, 5.41) is 4.77. The van der Waals surface area contributed by atoms with Crippen molar-refractivity contribution in [3.8, 4) is 11.1 Å². The number of para-hydroxylation sites is 1. The Labute approximate surface area is 341 Å². The van der Waals surface area contributed by atoms with Gasteiger partial charge in [-0.1, -0.05) is 60.7 Å². The highest BCUT2D eigenvalue weighted by molar-refractivity contribution is 7.99. The Kier molecular flexibility index (Phi) is 12.9. The van der Waals surface area contributed by atoms with E-state index in [1.54, 1.807) is 42.1 Å². The number of carbonyl (C=O) groups excluding carboxylic acids is 1. The molecule has 1 saturated heterocycles. The van der Waals surface area contributed by atoms with Crippen LogP contribution >= 0.6 is 11.8 Å². The second kappa shape index (κ2) is 18.4. The molecule has 1 amide bonds. The fourth-order valence-corrected chi connectivity index (χ4v) is 9.19. The number of carbonyl (C=O) groups is 1. The summed E-state index contributed by atoms with van der Waals surface area (Å²) in [7, 11) is 0.0266. The first-order valence-electron chi connectivity index (χ1n) is 19.4. The van der Waals surface area contributed by atoms with Gasteiger partial charge in [0.15, 0.2) is 0 Å². The van der Waals surface area contributed by atoms with Crippen LogP contribution in [0, 0.1) is 6.92 Å². The number of amides is 1. The van der Waals surface area contributed by atoms with Gasteiger partial charge in [0.2, 0.25) is 0 Å². The number of thioether (sulfide) groups is 1. The number of rotatable bonds is 15. The van der Waals surface area contributed by atoms with Gasteiger partial charge >= 0.3 is 0 Å². The maximum absolute atomic E-state index is 13.4. The van der Waals surface area contributed by atoms with E-state index >= 15 is 0 Å². The maximum atomic E-state index is 13.4. The third-order valence-electron chi connectivity index (χ3n) is 10.4. The van der Waals surface area contributed by atoms with E-state index in [4.69, 9.17) is 4.98 Å². The van der Waals surface area contributed by atoms with Gasteiger partial charge in [-0.15, -0.1) is 11.8 Å². The molecule has 2 N–H and O–H groups in total. The molecule has 1 aliphatic rings. The average molecular weight is 799 g/mol. The van der Waals surface area contributed by atoms with Gasteiger partial charge in [-0.05, 0) is 117 Å². The molecule has 0 bridgehead atoms. The topological polar surface area (TPSA) is 97.9 Å². The number of hydrogen-bond donors (Lipinski definition) is 2. The minimum Gasteiger partial charge on any atom is -0.381 e. The first-order valence-corrected chi connectivity index (χ1v) is 21.9. The zero-order chi connectivity index (χ0) is 39.8. The monoisotopic (exact) mass is 798 g/mol. The normalized spacial score (nSPS) is 14.1. The molecule has 0 saturated carbocycles. The molecule has 294 valence electrons. The van der Waals surface area contributed by atoms with Crippen LogP contribution in [-0.2, 0) is 16.6 Å². The number of aryl methyl sites for hydroxylation is 1. The van der Waals surface area contributed by atoms with Gasteiger partial charge in [0.1, 0.15) is 0 Å². The number of nitrogens with zero attached hydrogens (tertiary/aromatic N) is 4. The Bertz CT molecular complexity index is 2400. The van der Waals surface area contributed by atoms with Crippen molar-refractivity contribution in [2.24, 2.45) is 0 Å². The van der Waals surface area contributed by atoms with Crippen molar-refractivity contribution < 1.29 is 13.2 Å². The summed E-state index contributed by atoms with van der Waals surface area (Å²) in [6.45, 7) is 7.11. The lowest BCUT2D eigenvalue weighted by molar-refractivity contribution is 0.0981. The van der Waals surface area contributed by atoms with Crippen LogP contribution in [0.15, 0.2) is 143 Å². The second-order valence-electron chi connectivity index (χ2n) is 14.9. The smallest absolute Gasteiger partial charge is 0.264 e. The molecule has 1 aromatic heterocycles. The van der Waals surface area contributed by atoms with E-state index in [0.717, 1.165) is 84.8 Å². The molecule has 57 heavy (non-hydrogen) atoms. The lowest BCUT2D eigenvalue weighted by Crippen LogP contribution is -2.46. The highest BCUT2D eigenvalue weighted by Gasteiger charge is 2.22. The predicted octanol–water partition coefficient (Wildman–Crippen LogP) is 8.18. The quantitative estimate of drug-likeness (QED) is 0.0998. The number of fused-ring (bicyclic) bond motifs is 1. The minimum absolute atomic E-state index is 0.0495. The maximum Gasteiger partial charge on any atom is 0.264 e. The Balaban J connectivity index is 0.929. The largest absolute Gasteiger partial charge is 0.381 e. The molecule has 6 aromatic rings. The third kappa shape index (κ3) is 10.4. The lowest BCUT2D eigenvalue weighted by Gasteiger charge is -2.36. The standard InChI is InChI=1S/C46H50N6O3S2/c1-34-29-42(21-22-44(34)48-39(23-24-50(2)3)33-56-41-13-5-4-6-14-41)57(54,55)49-46(53)35-17-19-40(20-18-35)52-27-25-51(26-28-52)32-37-12-7-9-15-43(37)38-30-36-11-8-10-16-45(36)47-31-38/h4-22,29-31,39,48H,23-28,32-33H2,1-3H3,(H,49,53)/t39-/m1/s1. The zero-order valence-corrected chi connectivity index (χ0v) is 34.4. The van der Waals surface area contributed by atoms with E-state index in [1.807, 2.05) is 61.7 Å². The van der Waals surface area contributed by atoms with E-state index in [2.05, 4.69) is 87.4 Å². The van der Waals surface area contributed by atoms with Crippen molar-refractivity contribution in [1.29, 1.82) is 0 Å². The summed E-state index contributed by atoms with van der Waals surface area (Å²) in [6.07, 6.45) is 2.89. The molecule has 0 spiro atoms. The number of aromatic nitrogens is 1. The molecule has 2 heterocycles. The molecule has 11 heteroatoms. The van der Waals surface area contributed by atoms with Gasteiger partial charge in [-0.2, -0.15) is 0 Å². The van der Waals surface area contributed by atoms with Crippen molar-refractivity contribution in [1.82, 2.24) is 19.5 Å². The molecule has 7 rings (SSSR count). The fourth-order valence-electron chi connectivity index (χ4n) is 7.14. The van der Waals surface area contributed by atoms with Gasteiger partial charge in [-0.3, -0.25) is 14.7 Å². The average Bonchev–Trinajstić information content (AvgIpc) is 3.23. The van der Waals surface area contributed by atoms with E-state index in [0.29, 0.717) is 0 Å². The van der Waals surface area contributed by atoms with Crippen LogP contribution in [0.2, 0.25) is 0 Å². The third-order valence-corrected chi connectivity index (χ3v) is 12.9. The number of piperazine rings is 1. The van der Waals surface area contributed by atoms with Gasteiger partial charge in [-0.25, -0.2) is 13.1 Å². The fraction of sp³-hybridized carbons (Fsp3) is 0.261. The molecule has 9 nitrogen and oxygen atoms in total. The van der Waals surface area contributed by atoms with Crippen LogP contribution in [0.5, 0.6) is 0 Å². The number of anilines is 2. The molecule has 1 fully saturated rings. The van der Waals surface area contributed by atoms with Crippen LogP contribution < -0.4 is 14.9 Å². The van der Waals surface area contributed by atoms with Crippen molar-refractivity contribution >= 4 is 50.0 Å². The molecule has 0 radical (unpaired) electrons. The summed E-state index contributed by atoms with van der Waals surface area (Å²) in [5.74, 6) is 0.205. The van der Waals surface area contributed by atoms with Crippen molar-refractivity contribution in [2.75, 3.05) is 62.8 Å². The number of hydrogen-bond acceptors (Lipinski definition) is 9. The first-order chi connectivity index (χ1) is 27.6. The molecule has 1 atom stereocenters. The SMILES string of the molecule is Cc1cc(S(=O)(=O)NC(=O)c2ccc(N3CCN(Cc4ccccc4-c4cnc5ccccc5c4)CC3)cc2)ccc1N[C@H](CCN(C)C)CSc1ccccc1. The molecule has 0 unspecified atom stereocenters. The minimum atomic E-state index is -4.09. The summed E-state index contributed by atoms with van der Waals surface area (Å²) < 4.78 is 29.1. The molecular formula is C46H50N6O3S2. The zero-order valence-electron chi connectivity index (χ0n) is 32.8. The van der Waals surface area contributed by atoms with Crippen molar-refractivity contribution in [3.63, 3.8) is 0 Å². The van der Waals surface area contributed by atoms with Crippen LogP contribution in [0.25, 0.3) is 22.0 Å². The van der Waals surface area contributed by atoms with Gasteiger partial charge in [0.25, 0.3) is 15.9 Å². The highest BCUT2D eigenvalue weighted by Crippen LogP contribution is 2.29. The highest BCUT2D eigenvalue weighted by atomic mass is 32.2. The molecular weight excluding hydrogens is 749 g/mol. The summed E-state index contributed by atoms with van der Waals surface area (Å²) in [6, 6.07) is 41.6. The summed E-state index contributed by atoms with van der Waals surface area (Å²) in [4.78, 5) is 26.1. The van der Waals surface area contributed by atoms with Crippen molar-refractivity contribution in [3.05, 3.63) is 150 Å². The molecule has 1 aliphatic heterocycles. The van der Waals surface area contributed by atoms with Crippen LogP contribution in [-0.4, -0.2) is 87.7 Å². The Hall–Kier alpha value is -5.20. The van der Waals surface area contributed by atoms with E-state index in [-0.39, 0.29) is 16.5 Å². The number of benzene rings is 5. The summed E-state index contributed by atoms with van der Waals surface area (Å²) in [5.41, 5.74) is 7.54. The summed E-state index contributed by atoms with van der Waals surface area (Å²) >= 11 is 1.80. The number of sulfonamides is 1. The van der Waals surface area contributed by atoms with E-state index < -0.39 is 15.9 Å². The van der Waals surface area contributed by atoms with Crippen molar-refractivity contribution in [2.45, 2.75) is 35.7 Å². The Morgan fingerprint density at radius 3 is 2.32 bits per heavy atom.